The van der Waals surface area contributed by atoms with Crippen LogP contribution in [0.5, 0.6) is 0 Å². The van der Waals surface area contributed by atoms with E-state index in [-0.39, 0.29) is 17.8 Å². The van der Waals surface area contributed by atoms with Gasteiger partial charge in [0.1, 0.15) is 5.00 Å². The number of rotatable bonds is 8. The smallest absolute Gasteiger partial charge is 0.341 e. The van der Waals surface area contributed by atoms with Gasteiger partial charge < -0.3 is 15.4 Å². The second-order valence-electron chi connectivity index (χ2n) is 8.55. The van der Waals surface area contributed by atoms with Crippen molar-refractivity contribution in [2.24, 2.45) is 0 Å². The molecule has 0 radical (unpaired) electrons. The van der Waals surface area contributed by atoms with Crippen LogP contribution in [0.4, 0.5) is 10.7 Å². The molecule has 0 saturated carbocycles. The second-order valence-corrected chi connectivity index (χ2v) is 12.0. The maximum absolute atomic E-state index is 13.2. The fourth-order valence-corrected chi connectivity index (χ4v) is 6.97. The van der Waals surface area contributed by atoms with Gasteiger partial charge in [-0.25, -0.2) is 4.79 Å². The minimum Gasteiger partial charge on any atom is -0.462 e. The van der Waals surface area contributed by atoms with Gasteiger partial charge in [-0.2, -0.15) is 0 Å². The van der Waals surface area contributed by atoms with Crippen LogP contribution in [0.25, 0.3) is 0 Å². The summed E-state index contributed by atoms with van der Waals surface area (Å²) in [6.45, 7) is 3.93. The number of nitrogens with one attached hydrogen (secondary N) is 2. The van der Waals surface area contributed by atoms with Gasteiger partial charge in [-0.3, -0.25) is 9.59 Å². The maximum Gasteiger partial charge on any atom is 0.341 e. The van der Waals surface area contributed by atoms with Crippen LogP contribution in [0.2, 0.25) is 0 Å². The molecule has 2 N–H and O–H groups in total. The summed E-state index contributed by atoms with van der Waals surface area (Å²) < 4.78 is 5.35. The summed E-state index contributed by atoms with van der Waals surface area (Å²) in [5.41, 5.74) is 2.25. The third kappa shape index (κ3) is 6.57. The SMILES string of the molecule is CCOC(=O)c1c(NC(=O)C(C)Sc2cccc(NC(=O)c3cccs3)c2)sc2c1CCCCCC2. The number of ether oxygens (including phenoxy) is 1. The summed E-state index contributed by atoms with van der Waals surface area (Å²) in [6.07, 6.45) is 6.23. The number of hydrogen-bond donors (Lipinski definition) is 2. The van der Waals surface area contributed by atoms with Gasteiger partial charge >= 0.3 is 5.97 Å². The molecular weight excluding hydrogens is 513 g/mol. The van der Waals surface area contributed by atoms with Crippen molar-refractivity contribution in [2.75, 3.05) is 17.2 Å². The van der Waals surface area contributed by atoms with Crippen molar-refractivity contribution in [1.29, 1.82) is 0 Å². The molecule has 0 aliphatic heterocycles. The van der Waals surface area contributed by atoms with Crippen molar-refractivity contribution < 1.29 is 19.1 Å². The predicted molar refractivity (Wildman–Crippen MR) is 149 cm³/mol. The Labute approximate surface area is 223 Å². The maximum atomic E-state index is 13.2. The number of fused-ring (bicyclic) bond motifs is 1. The highest BCUT2D eigenvalue weighted by Crippen LogP contribution is 2.38. The molecular formula is C27H30N2O4S3. The van der Waals surface area contributed by atoms with Gasteiger partial charge in [-0.15, -0.1) is 34.4 Å². The lowest BCUT2D eigenvalue weighted by molar-refractivity contribution is -0.115. The molecule has 6 nitrogen and oxygen atoms in total. The topological polar surface area (TPSA) is 84.5 Å². The van der Waals surface area contributed by atoms with Crippen molar-refractivity contribution in [2.45, 2.75) is 62.5 Å². The normalized spacial score (nSPS) is 14.2. The van der Waals surface area contributed by atoms with E-state index in [9.17, 15) is 14.4 Å². The summed E-state index contributed by atoms with van der Waals surface area (Å²) in [5, 5.41) is 7.97. The molecule has 2 heterocycles. The van der Waals surface area contributed by atoms with Crippen molar-refractivity contribution in [3.63, 3.8) is 0 Å². The van der Waals surface area contributed by atoms with Gasteiger partial charge in [0.2, 0.25) is 5.91 Å². The van der Waals surface area contributed by atoms with Crippen molar-refractivity contribution in [3.8, 4) is 0 Å². The number of carbonyl (C=O) groups is 3. The molecule has 4 rings (SSSR count). The summed E-state index contributed by atoms with van der Waals surface area (Å²) in [5.74, 6) is -0.689. The van der Waals surface area contributed by atoms with Gasteiger partial charge in [-0.1, -0.05) is 25.0 Å². The molecule has 0 bridgehead atoms. The lowest BCUT2D eigenvalue weighted by Gasteiger charge is -2.14. The Bertz CT molecular complexity index is 1220. The first-order chi connectivity index (χ1) is 17.5. The zero-order valence-electron chi connectivity index (χ0n) is 20.4. The predicted octanol–water partition coefficient (Wildman–Crippen LogP) is 7.02. The standard InChI is InChI=1S/C27H30N2O4S3/c1-3-33-27(32)23-20-12-6-4-5-7-13-21(20)36-26(23)29-24(30)17(2)35-19-11-8-10-18(16-19)28-25(31)22-14-9-15-34-22/h8-11,14-17H,3-7,12-13H2,1-2H3,(H,28,31)(H,29,30). The Balaban J connectivity index is 1.46. The molecule has 1 aromatic carbocycles. The van der Waals surface area contributed by atoms with Crippen LogP contribution in [-0.4, -0.2) is 29.6 Å². The van der Waals surface area contributed by atoms with Crippen LogP contribution in [0, 0.1) is 0 Å². The zero-order valence-corrected chi connectivity index (χ0v) is 22.9. The number of thiophene rings is 2. The Morgan fingerprint density at radius 2 is 1.86 bits per heavy atom. The highest BCUT2D eigenvalue weighted by molar-refractivity contribution is 8.00. The second kappa shape index (κ2) is 12.6. The van der Waals surface area contributed by atoms with E-state index >= 15 is 0 Å². The molecule has 1 atom stereocenters. The molecule has 0 fully saturated rings. The van der Waals surface area contributed by atoms with Crippen LogP contribution in [0.15, 0.2) is 46.7 Å². The van der Waals surface area contributed by atoms with Crippen LogP contribution < -0.4 is 10.6 Å². The molecule has 3 aromatic rings. The Kier molecular flexibility index (Phi) is 9.23. The molecule has 2 aromatic heterocycles. The van der Waals surface area contributed by atoms with Gasteiger partial charge in [0.25, 0.3) is 5.91 Å². The van der Waals surface area contributed by atoms with E-state index < -0.39 is 5.25 Å². The third-order valence-electron chi connectivity index (χ3n) is 5.91. The number of amides is 2. The number of aryl methyl sites for hydroxylation is 1. The zero-order chi connectivity index (χ0) is 25.5. The molecule has 0 spiro atoms. The summed E-state index contributed by atoms with van der Waals surface area (Å²) in [6, 6.07) is 11.1. The molecule has 36 heavy (non-hydrogen) atoms. The first-order valence-electron chi connectivity index (χ1n) is 12.2. The van der Waals surface area contributed by atoms with E-state index in [0.717, 1.165) is 42.6 Å². The third-order valence-corrected chi connectivity index (χ3v) is 9.08. The quantitative estimate of drug-likeness (QED) is 0.236. The van der Waals surface area contributed by atoms with E-state index in [2.05, 4.69) is 10.6 Å². The first kappa shape index (κ1) is 26.4. The summed E-state index contributed by atoms with van der Waals surface area (Å²) in [7, 11) is 0. The van der Waals surface area contributed by atoms with E-state index in [1.54, 1.807) is 13.0 Å². The fraction of sp³-hybridized carbons (Fsp3) is 0.370. The van der Waals surface area contributed by atoms with Crippen LogP contribution in [0.1, 0.15) is 70.0 Å². The van der Waals surface area contributed by atoms with Gasteiger partial charge in [0.05, 0.1) is 22.3 Å². The number of benzene rings is 1. The minimum atomic E-state index is -0.409. The van der Waals surface area contributed by atoms with E-state index in [0.29, 0.717) is 27.7 Å². The minimum absolute atomic E-state index is 0.155. The lowest BCUT2D eigenvalue weighted by Crippen LogP contribution is -2.23. The average molecular weight is 543 g/mol. The number of hydrogen-bond acceptors (Lipinski definition) is 7. The van der Waals surface area contributed by atoms with E-state index in [4.69, 9.17) is 4.74 Å². The van der Waals surface area contributed by atoms with Crippen molar-refractivity contribution >= 4 is 62.9 Å². The number of esters is 1. The summed E-state index contributed by atoms with van der Waals surface area (Å²) >= 11 is 4.30. The molecule has 0 saturated heterocycles. The largest absolute Gasteiger partial charge is 0.462 e. The van der Waals surface area contributed by atoms with E-state index in [1.165, 1.54) is 45.7 Å². The molecule has 1 aliphatic rings. The fourth-order valence-electron chi connectivity index (χ4n) is 4.15. The summed E-state index contributed by atoms with van der Waals surface area (Å²) in [4.78, 5) is 41.1. The van der Waals surface area contributed by atoms with Crippen LogP contribution in [0.3, 0.4) is 0 Å². The van der Waals surface area contributed by atoms with Crippen molar-refractivity contribution in [3.05, 3.63) is 62.7 Å². The van der Waals surface area contributed by atoms with Gasteiger partial charge in [-0.05, 0) is 74.7 Å². The highest BCUT2D eigenvalue weighted by atomic mass is 32.2. The Morgan fingerprint density at radius 3 is 2.61 bits per heavy atom. The van der Waals surface area contributed by atoms with Gasteiger partial charge in [0, 0.05) is 15.5 Å². The number of anilines is 2. The lowest BCUT2D eigenvalue weighted by atomic mass is 9.96. The van der Waals surface area contributed by atoms with Crippen LogP contribution >= 0.6 is 34.4 Å². The molecule has 9 heteroatoms. The molecule has 1 unspecified atom stereocenters. The number of carbonyl (C=O) groups excluding carboxylic acids is 3. The monoisotopic (exact) mass is 542 g/mol. The molecule has 2 amide bonds. The Hall–Kier alpha value is -2.62. The highest BCUT2D eigenvalue weighted by Gasteiger charge is 2.27. The molecule has 190 valence electrons. The van der Waals surface area contributed by atoms with Crippen molar-refractivity contribution in [1.82, 2.24) is 0 Å². The van der Waals surface area contributed by atoms with E-state index in [1.807, 2.05) is 42.6 Å². The van der Waals surface area contributed by atoms with Gasteiger partial charge in [0.15, 0.2) is 0 Å². The number of thioether (sulfide) groups is 1. The first-order valence-corrected chi connectivity index (χ1v) is 14.8. The average Bonchev–Trinajstić information content (AvgIpc) is 3.48. The molecule has 1 aliphatic carbocycles. The van der Waals surface area contributed by atoms with Crippen LogP contribution in [-0.2, 0) is 22.4 Å². The Morgan fingerprint density at radius 1 is 1.06 bits per heavy atom.